The van der Waals surface area contributed by atoms with Crippen molar-refractivity contribution in [1.82, 2.24) is 10.2 Å². The Hall–Kier alpha value is -2.93. The summed E-state index contributed by atoms with van der Waals surface area (Å²) in [6, 6.07) is 6.50. The third kappa shape index (κ3) is 4.92. The van der Waals surface area contributed by atoms with Gasteiger partial charge >= 0.3 is 6.09 Å². The number of nitrogens with zero attached hydrogens (tertiary/aromatic N) is 4. The number of carbonyl (C=O) groups excluding carboxylic acids is 2. The Morgan fingerprint density at radius 2 is 2.10 bits per heavy atom. The summed E-state index contributed by atoms with van der Waals surface area (Å²) in [5, 5.41) is 11.6. The van der Waals surface area contributed by atoms with Crippen LogP contribution >= 0.6 is 12.2 Å². The number of benzene rings is 1. The highest BCUT2D eigenvalue weighted by Gasteiger charge is 2.33. The molecule has 0 aliphatic carbocycles. The molecule has 2 saturated heterocycles. The molecule has 0 saturated carbocycles. The molecule has 2 aliphatic rings. The van der Waals surface area contributed by atoms with Gasteiger partial charge in [0.15, 0.2) is 0 Å². The normalized spacial score (nSPS) is 19.0. The second-order valence-electron chi connectivity index (χ2n) is 6.89. The molecule has 2 aliphatic heterocycles. The van der Waals surface area contributed by atoms with Crippen molar-refractivity contribution in [1.29, 1.82) is 5.26 Å². The van der Waals surface area contributed by atoms with Crippen LogP contribution in [0.3, 0.4) is 0 Å². The zero-order chi connectivity index (χ0) is 21.0. The number of thiocarbonyl (C=S) groups is 1. The predicted octanol–water partition coefficient (Wildman–Crippen LogP) is 1.65. The van der Waals surface area contributed by atoms with E-state index in [2.05, 4.69) is 5.32 Å². The van der Waals surface area contributed by atoms with Crippen molar-refractivity contribution in [3.63, 3.8) is 0 Å². The van der Waals surface area contributed by atoms with E-state index in [4.69, 9.17) is 22.2 Å². The molecule has 0 aromatic heterocycles. The number of anilines is 2. The maximum atomic E-state index is 14.8. The van der Waals surface area contributed by atoms with E-state index in [1.165, 1.54) is 11.0 Å². The number of halogens is 1. The first-order chi connectivity index (χ1) is 13.9. The van der Waals surface area contributed by atoms with E-state index < -0.39 is 11.9 Å². The summed E-state index contributed by atoms with van der Waals surface area (Å²) < 4.78 is 20.1. The minimum atomic E-state index is -0.518. The van der Waals surface area contributed by atoms with Gasteiger partial charge in [0.05, 0.1) is 35.5 Å². The van der Waals surface area contributed by atoms with Crippen LogP contribution in [0.15, 0.2) is 18.2 Å². The Bertz CT molecular complexity index is 851. The fourth-order valence-corrected chi connectivity index (χ4v) is 3.48. The van der Waals surface area contributed by atoms with Crippen LogP contribution in [0.5, 0.6) is 0 Å². The zero-order valence-electron chi connectivity index (χ0n) is 16.1. The second-order valence-corrected chi connectivity index (χ2v) is 7.50. The minimum absolute atomic E-state index is 0.143. The Balaban J connectivity index is 1.62. The molecule has 2 amide bonds. The van der Waals surface area contributed by atoms with Gasteiger partial charge in [-0.1, -0.05) is 12.2 Å². The smallest absolute Gasteiger partial charge is 0.414 e. The summed E-state index contributed by atoms with van der Waals surface area (Å²) in [5.41, 5.74) is 0.851. The lowest BCUT2D eigenvalue weighted by Crippen LogP contribution is -2.49. The first kappa shape index (κ1) is 20.8. The largest absolute Gasteiger partial charge is 0.442 e. The van der Waals surface area contributed by atoms with E-state index >= 15 is 0 Å². The van der Waals surface area contributed by atoms with E-state index in [0.717, 1.165) is 0 Å². The van der Waals surface area contributed by atoms with Gasteiger partial charge in [0.25, 0.3) is 0 Å². The van der Waals surface area contributed by atoms with Gasteiger partial charge in [-0.3, -0.25) is 9.69 Å². The van der Waals surface area contributed by atoms with Gasteiger partial charge < -0.3 is 19.9 Å². The van der Waals surface area contributed by atoms with Gasteiger partial charge in [-0.2, -0.15) is 5.26 Å². The van der Waals surface area contributed by atoms with Crippen molar-refractivity contribution in [3.05, 3.63) is 24.0 Å². The van der Waals surface area contributed by atoms with Crippen LogP contribution in [0.2, 0.25) is 0 Å². The molecule has 0 bridgehead atoms. The van der Waals surface area contributed by atoms with Crippen molar-refractivity contribution in [3.8, 4) is 6.07 Å². The minimum Gasteiger partial charge on any atom is -0.442 e. The highest BCUT2D eigenvalue weighted by atomic mass is 32.1. The third-order valence-electron chi connectivity index (χ3n) is 4.90. The number of piperazine rings is 1. The first-order valence-corrected chi connectivity index (χ1v) is 9.71. The van der Waals surface area contributed by atoms with Crippen LogP contribution in [-0.4, -0.2) is 67.3 Å². The molecule has 0 unspecified atom stereocenters. The van der Waals surface area contributed by atoms with E-state index in [-0.39, 0.29) is 18.4 Å². The predicted molar refractivity (Wildman–Crippen MR) is 109 cm³/mol. The average molecular weight is 419 g/mol. The highest BCUT2D eigenvalue weighted by Crippen LogP contribution is 2.28. The van der Waals surface area contributed by atoms with Crippen LogP contribution in [0, 0.1) is 17.1 Å². The van der Waals surface area contributed by atoms with E-state index in [9.17, 15) is 14.0 Å². The topological polar surface area (TPSA) is 88.9 Å². The number of nitriles is 1. The molecule has 8 nitrogen and oxygen atoms in total. The highest BCUT2D eigenvalue weighted by molar-refractivity contribution is 7.80. The molecule has 2 fully saturated rings. The summed E-state index contributed by atoms with van der Waals surface area (Å²) in [7, 11) is 0. The number of amides is 2. The van der Waals surface area contributed by atoms with Gasteiger partial charge in [-0.15, -0.1) is 0 Å². The molecule has 0 spiro atoms. The first-order valence-electron chi connectivity index (χ1n) is 9.31. The van der Waals surface area contributed by atoms with Crippen molar-refractivity contribution in [2.45, 2.75) is 19.4 Å². The van der Waals surface area contributed by atoms with Crippen LogP contribution < -0.4 is 15.1 Å². The van der Waals surface area contributed by atoms with Gasteiger partial charge in [-0.25, -0.2) is 9.18 Å². The van der Waals surface area contributed by atoms with Crippen molar-refractivity contribution in [2.75, 3.05) is 49.1 Å². The molecule has 1 aromatic rings. The SMILES string of the molecule is CC(=S)NC[C@H]1CN(c2ccc(N3CCN(C(=O)CC#N)CC3)c(F)c2)C(=O)O1. The van der Waals surface area contributed by atoms with Gasteiger partial charge in [-0.05, 0) is 25.1 Å². The van der Waals surface area contributed by atoms with E-state index in [0.29, 0.717) is 55.6 Å². The molecule has 29 heavy (non-hydrogen) atoms. The summed E-state index contributed by atoms with van der Waals surface area (Å²) >= 11 is 4.96. The lowest BCUT2D eigenvalue weighted by Gasteiger charge is -2.36. The van der Waals surface area contributed by atoms with E-state index in [1.807, 2.05) is 11.0 Å². The Labute approximate surface area is 173 Å². The second kappa shape index (κ2) is 9.05. The van der Waals surface area contributed by atoms with Gasteiger partial charge in [0, 0.05) is 26.2 Å². The molecule has 1 atom stereocenters. The Morgan fingerprint density at radius 3 is 2.72 bits per heavy atom. The van der Waals surface area contributed by atoms with Crippen LogP contribution in [0.25, 0.3) is 0 Å². The van der Waals surface area contributed by atoms with Crippen molar-refractivity contribution < 1.29 is 18.7 Å². The fourth-order valence-electron chi connectivity index (χ4n) is 3.39. The number of rotatable bonds is 5. The number of cyclic esters (lactones) is 1. The summed E-state index contributed by atoms with van der Waals surface area (Å²) in [6.07, 6.45) is -1.02. The lowest BCUT2D eigenvalue weighted by molar-refractivity contribution is -0.130. The Kier molecular flexibility index (Phi) is 6.49. The quantitative estimate of drug-likeness (QED) is 0.726. The average Bonchev–Trinajstić information content (AvgIpc) is 3.07. The third-order valence-corrected chi connectivity index (χ3v) is 5.04. The standard InChI is InChI=1S/C19H22FN5O3S/c1-13(29)22-11-15-12-25(19(27)28-15)14-2-3-17(16(20)10-14)23-6-8-24(9-7-23)18(26)4-5-21/h2-3,10,15H,4,6-9,11-12H2,1H3,(H,22,29)/t15-/m0/s1. The fraction of sp³-hybridized carbons (Fsp3) is 0.474. The summed E-state index contributed by atoms with van der Waals surface area (Å²) in [4.78, 5) is 29.4. The molecule has 0 radical (unpaired) electrons. The molecule has 3 rings (SSSR count). The molecule has 10 heteroatoms. The number of carbonyl (C=O) groups is 2. The van der Waals surface area contributed by atoms with Gasteiger partial charge in [0.2, 0.25) is 5.91 Å². The van der Waals surface area contributed by atoms with Crippen molar-refractivity contribution >= 4 is 40.6 Å². The van der Waals surface area contributed by atoms with Gasteiger partial charge in [0.1, 0.15) is 18.3 Å². The summed E-state index contributed by atoms with van der Waals surface area (Å²) in [5.74, 6) is -0.646. The molecule has 2 heterocycles. The maximum absolute atomic E-state index is 14.8. The number of hydrogen-bond acceptors (Lipinski definition) is 6. The summed E-state index contributed by atoms with van der Waals surface area (Å²) in [6.45, 7) is 4.30. The lowest BCUT2D eigenvalue weighted by atomic mass is 10.2. The molecule has 1 N–H and O–H groups in total. The van der Waals surface area contributed by atoms with E-state index in [1.54, 1.807) is 24.0 Å². The molecular formula is C19H22FN5O3S. The maximum Gasteiger partial charge on any atom is 0.414 e. The van der Waals surface area contributed by atoms with Crippen LogP contribution in [0.1, 0.15) is 13.3 Å². The molecule has 154 valence electrons. The van der Waals surface area contributed by atoms with Crippen molar-refractivity contribution in [2.24, 2.45) is 0 Å². The van der Waals surface area contributed by atoms with Crippen LogP contribution in [0.4, 0.5) is 20.6 Å². The Morgan fingerprint density at radius 1 is 1.38 bits per heavy atom. The zero-order valence-corrected chi connectivity index (χ0v) is 16.9. The monoisotopic (exact) mass is 419 g/mol. The molecule has 1 aromatic carbocycles. The number of hydrogen-bond donors (Lipinski definition) is 1. The number of nitrogens with one attached hydrogen (secondary N) is 1. The number of ether oxygens (including phenoxy) is 1. The van der Waals surface area contributed by atoms with Crippen LogP contribution in [-0.2, 0) is 9.53 Å². The molecular weight excluding hydrogens is 397 g/mol.